The van der Waals surface area contributed by atoms with Gasteiger partial charge in [0.2, 0.25) is 0 Å². The van der Waals surface area contributed by atoms with Gasteiger partial charge in [-0.2, -0.15) is 0 Å². The molecule has 0 amide bonds. The van der Waals surface area contributed by atoms with Crippen molar-refractivity contribution in [2.45, 2.75) is 19.3 Å². The number of aromatic nitrogens is 1. The molecule has 0 saturated carbocycles. The maximum atomic E-state index is 4.90. The zero-order chi connectivity index (χ0) is 14.5. The molecule has 0 saturated heterocycles. The number of aryl methyl sites for hydroxylation is 1. The van der Waals surface area contributed by atoms with E-state index in [0.717, 1.165) is 30.0 Å². The lowest BCUT2D eigenvalue weighted by Crippen LogP contribution is -1.86. The van der Waals surface area contributed by atoms with Crippen LogP contribution in [0.3, 0.4) is 0 Å². The van der Waals surface area contributed by atoms with E-state index in [1.165, 1.54) is 16.0 Å². The van der Waals surface area contributed by atoms with Crippen LogP contribution in [0.2, 0.25) is 0 Å². The van der Waals surface area contributed by atoms with Crippen LogP contribution in [-0.4, -0.2) is 4.98 Å². The third-order valence-electron chi connectivity index (χ3n) is 3.42. The molecule has 0 bridgehead atoms. The minimum Gasteiger partial charge on any atom is -0.236 e. The maximum Gasteiger partial charge on any atom is 0.124 e. The average Bonchev–Trinajstić information content (AvgIpc) is 2.99. The molecule has 3 rings (SSSR count). The number of hydrogen-bond acceptors (Lipinski definition) is 2. The van der Waals surface area contributed by atoms with Crippen molar-refractivity contribution < 1.29 is 0 Å². The number of hydrogen-bond donors (Lipinski definition) is 0. The summed E-state index contributed by atoms with van der Waals surface area (Å²) >= 11 is 1.81. The van der Waals surface area contributed by atoms with E-state index in [0.29, 0.717) is 0 Å². The predicted octanol–water partition coefficient (Wildman–Crippen LogP) is 5.63. The van der Waals surface area contributed by atoms with Crippen LogP contribution in [0.15, 0.2) is 60.7 Å². The highest BCUT2D eigenvalue weighted by molar-refractivity contribution is 7.15. The molecule has 0 aliphatic carbocycles. The van der Waals surface area contributed by atoms with E-state index < -0.39 is 0 Å². The fourth-order valence-corrected chi connectivity index (χ4v) is 3.46. The number of rotatable bonds is 5. The molecule has 0 unspecified atom stereocenters. The van der Waals surface area contributed by atoms with Crippen LogP contribution in [0, 0.1) is 6.92 Å². The fraction of sp³-hybridized carbons (Fsp3) is 0.158. The highest BCUT2D eigenvalue weighted by Crippen LogP contribution is 2.34. The Kier molecular flexibility index (Phi) is 4.46. The molecule has 0 spiro atoms. The van der Waals surface area contributed by atoms with Crippen molar-refractivity contribution in [3.8, 4) is 21.8 Å². The van der Waals surface area contributed by atoms with E-state index in [9.17, 15) is 0 Å². The second kappa shape index (κ2) is 6.68. The summed E-state index contributed by atoms with van der Waals surface area (Å²) in [6.45, 7) is 3.95. The van der Waals surface area contributed by atoms with Crippen LogP contribution < -0.4 is 0 Å². The lowest BCUT2D eigenvalue weighted by atomic mass is 10.1. The van der Waals surface area contributed by atoms with Crippen LogP contribution in [0.1, 0.15) is 17.7 Å². The van der Waals surface area contributed by atoms with Crippen LogP contribution in [0.4, 0.5) is 0 Å². The first-order valence-corrected chi connectivity index (χ1v) is 8.10. The van der Waals surface area contributed by atoms with Crippen LogP contribution >= 0.6 is 11.3 Å². The number of unbranched alkanes of at least 4 members (excludes halogenated alkanes) is 1. The minimum atomic E-state index is 0.965. The maximum absolute atomic E-state index is 4.90. The van der Waals surface area contributed by atoms with Gasteiger partial charge in [0.05, 0.1) is 5.69 Å². The van der Waals surface area contributed by atoms with Gasteiger partial charge in [-0.3, -0.25) is 0 Å². The summed E-state index contributed by atoms with van der Waals surface area (Å²) < 4.78 is 0. The van der Waals surface area contributed by atoms with Crippen molar-refractivity contribution >= 4 is 11.3 Å². The van der Waals surface area contributed by atoms with Crippen molar-refractivity contribution in [3.05, 3.63) is 72.5 Å². The van der Waals surface area contributed by atoms with Crippen molar-refractivity contribution in [3.63, 3.8) is 0 Å². The van der Waals surface area contributed by atoms with Crippen molar-refractivity contribution in [1.29, 1.82) is 0 Å². The Hall–Kier alpha value is -1.93. The fourth-order valence-electron chi connectivity index (χ4n) is 2.33. The summed E-state index contributed by atoms with van der Waals surface area (Å²) in [4.78, 5) is 6.27. The Morgan fingerprint density at radius 3 is 2.10 bits per heavy atom. The highest BCUT2D eigenvalue weighted by atomic mass is 32.1. The van der Waals surface area contributed by atoms with Gasteiger partial charge in [-0.1, -0.05) is 74.0 Å². The van der Waals surface area contributed by atoms with Gasteiger partial charge in [0.25, 0.3) is 0 Å². The number of nitrogens with zero attached hydrogens (tertiary/aromatic N) is 1. The average molecular weight is 292 g/mol. The topological polar surface area (TPSA) is 12.9 Å². The molecule has 2 heteroatoms. The molecule has 21 heavy (non-hydrogen) atoms. The van der Waals surface area contributed by atoms with E-state index in [1.54, 1.807) is 0 Å². The number of benzene rings is 2. The van der Waals surface area contributed by atoms with Gasteiger partial charge in [-0.25, -0.2) is 4.98 Å². The van der Waals surface area contributed by atoms with E-state index in [4.69, 9.17) is 4.98 Å². The van der Waals surface area contributed by atoms with E-state index >= 15 is 0 Å². The predicted molar refractivity (Wildman–Crippen MR) is 91.3 cm³/mol. The normalized spacial score (nSPS) is 10.7. The quantitative estimate of drug-likeness (QED) is 0.593. The largest absolute Gasteiger partial charge is 0.236 e. The molecular weight excluding hydrogens is 274 g/mol. The molecule has 0 fully saturated rings. The highest BCUT2D eigenvalue weighted by Gasteiger charge is 2.13. The minimum absolute atomic E-state index is 0.965. The summed E-state index contributed by atoms with van der Waals surface area (Å²) in [6, 6.07) is 20.9. The van der Waals surface area contributed by atoms with Crippen molar-refractivity contribution in [1.82, 2.24) is 4.98 Å². The first-order chi connectivity index (χ1) is 10.4. The van der Waals surface area contributed by atoms with Crippen LogP contribution in [0.25, 0.3) is 21.8 Å². The summed E-state index contributed by atoms with van der Waals surface area (Å²) in [6.07, 6.45) is 3.13. The first-order valence-electron chi connectivity index (χ1n) is 7.28. The molecule has 1 radical (unpaired) electrons. The SMILES string of the molecule is [CH2]CCCc1sc(-c2ccccc2)nc1-c1ccccc1. The second-order valence-electron chi connectivity index (χ2n) is 4.98. The van der Waals surface area contributed by atoms with Gasteiger partial charge in [-0.05, 0) is 12.8 Å². The molecule has 1 heterocycles. The number of thiazole rings is 1. The van der Waals surface area contributed by atoms with Gasteiger partial charge >= 0.3 is 0 Å². The molecule has 0 aliphatic heterocycles. The smallest absolute Gasteiger partial charge is 0.124 e. The Labute approximate surface area is 130 Å². The van der Waals surface area contributed by atoms with Crippen molar-refractivity contribution in [2.24, 2.45) is 0 Å². The van der Waals surface area contributed by atoms with Gasteiger partial charge < -0.3 is 0 Å². The molecule has 0 atom stereocenters. The lowest BCUT2D eigenvalue weighted by Gasteiger charge is -2.01. The van der Waals surface area contributed by atoms with Gasteiger partial charge in [-0.15, -0.1) is 11.3 Å². The Morgan fingerprint density at radius 1 is 0.857 bits per heavy atom. The van der Waals surface area contributed by atoms with Crippen LogP contribution in [0.5, 0.6) is 0 Å². The molecule has 1 aromatic heterocycles. The summed E-state index contributed by atoms with van der Waals surface area (Å²) in [5.41, 5.74) is 3.53. The monoisotopic (exact) mass is 292 g/mol. The molecular formula is C19H18NS. The molecule has 0 aliphatic rings. The standard InChI is InChI=1S/C19H18NS/c1-2-3-14-17-18(15-10-6-4-7-11-15)20-19(21-17)16-12-8-5-9-13-16/h4-13H,1-3,14H2. The molecule has 0 N–H and O–H groups in total. The van der Waals surface area contributed by atoms with E-state index in [2.05, 4.69) is 55.5 Å². The Balaban J connectivity index is 2.03. The third kappa shape index (κ3) is 3.22. The van der Waals surface area contributed by atoms with Gasteiger partial charge in [0.1, 0.15) is 5.01 Å². The first kappa shape index (κ1) is 14.0. The Morgan fingerprint density at radius 2 is 1.48 bits per heavy atom. The zero-order valence-electron chi connectivity index (χ0n) is 12.0. The summed E-state index contributed by atoms with van der Waals surface area (Å²) in [7, 11) is 0. The van der Waals surface area contributed by atoms with Crippen LogP contribution in [-0.2, 0) is 6.42 Å². The second-order valence-corrected chi connectivity index (χ2v) is 6.06. The Bertz CT molecular complexity index is 686. The third-order valence-corrected chi connectivity index (χ3v) is 4.58. The van der Waals surface area contributed by atoms with Gasteiger partial charge in [0, 0.05) is 16.0 Å². The molecule has 3 aromatic rings. The molecule has 105 valence electrons. The molecule has 1 nitrogen and oxygen atoms in total. The summed E-state index contributed by atoms with van der Waals surface area (Å²) in [5.74, 6) is 0. The summed E-state index contributed by atoms with van der Waals surface area (Å²) in [5, 5.41) is 1.11. The van der Waals surface area contributed by atoms with E-state index in [-0.39, 0.29) is 0 Å². The van der Waals surface area contributed by atoms with E-state index in [1.807, 2.05) is 23.5 Å². The van der Waals surface area contributed by atoms with Crippen molar-refractivity contribution in [2.75, 3.05) is 0 Å². The van der Waals surface area contributed by atoms with Gasteiger partial charge in [0.15, 0.2) is 0 Å². The molecule has 2 aromatic carbocycles. The zero-order valence-corrected chi connectivity index (χ0v) is 12.8. The lowest BCUT2D eigenvalue weighted by molar-refractivity contribution is 0.852.